The lowest BCUT2D eigenvalue weighted by molar-refractivity contribution is -0.138. The first kappa shape index (κ1) is 25.9. The van der Waals surface area contributed by atoms with E-state index in [2.05, 4.69) is 16.2 Å². The van der Waals surface area contributed by atoms with Crippen molar-refractivity contribution in [2.24, 2.45) is 0 Å². The summed E-state index contributed by atoms with van der Waals surface area (Å²) < 4.78 is 20.8. The predicted octanol–water partition coefficient (Wildman–Crippen LogP) is 2.60. The minimum Gasteiger partial charge on any atom is -0.493 e. The zero-order valence-corrected chi connectivity index (χ0v) is 19.7. The van der Waals surface area contributed by atoms with Gasteiger partial charge in [0.2, 0.25) is 5.75 Å². The molecule has 0 heterocycles. The van der Waals surface area contributed by atoms with Crippen molar-refractivity contribution in [3.05, 3.63) is 65.0 Å². The largest absolute Gasteiger partial charge is 0.493 e. The first-order chi connectivity index (χ1) is 16.4. The average Bonchev–Trinajstić information content (AvgIpc) is 2.86. The van der Waals surface area contributed by atoms with Gasteiger partial charge in [-0.2, -0.15) is 5.26 Å². The Kier molecular flexibility index (Phi) is 9.58. The van der Waals surface area contributed by atoms with Gasteiger partial charge in [0.25, 0.3) is 5.91 Å². The molecule has 0 saturated heterocycles. The summed E-state index contributed by atoms with van der Waals surface area (Å²) >= 11 is 0. The van der Waals surface area contributed by atoms with E-state index in [0.29, 0.717) is 17.2 Å². The number of methoxy groups -OCH3 is 3. The molecule has 0 bridgehead atoms. The van der Waals surface area contributed by atoms with Crippen molar-refractivity contribution in [3.8, 4) is 23.3 Å². The Morgan fingerprint density at radius 1 is 1.00 bits per heavy atom. The average molecular weight is 469 g/mol. The van der Waals surface area contributed by atoms with Gasteiger partial charge in [-0.25, -0.2) is 4.79 Å². The number of esters is 1. The third-order valence-corrected chi connectivity index (χ3v) is 4.73. The van der Waals surface area contributed by atoms with E-state index in [4.69, 9.17) is 18.9 Å². The molecule has 0 aliphatic heterocycles. The van der Waals surface area contributed by atoms with E-state index in [0.717, 1.165) is 5.56 Å². The van der Waals surface area contributed by atoms with Crippen molar-refractivity contribution >= 4 is 11.9 Å². The number of hydrogen-bond donors (Lipinski definition) is 3. The van der Waals surface area contributed by atoms with E-state index in [9.17, 15) is 14.9 Å². The summed E-state index contributed by atoms with van der Waals surface area (Å²) in [5.41, 5.74) is 5.90. The highest BCUT2D eigenvalue weighted by molar-refractivity contribution is 5.96. The van der Waals surface area contributed by atoms with Gasteiger partial charge < -0.3 is 24.3 Å². The molecule has 0 aliphatic carbocycles. The summed E-state index contributed by atoms with van der Waals surface area (Å²) in [6, 6.07) is 13.9. The monoisotopic (exact) mass is 468 g/mol. The highest BCUT2D eigenvalue weighted by Crippen LogP contribution is 2.38. The van der Waals surface area contributed by atoms with Gasteiger partial charge in [0.1, 0.15) is 11.9 Å². The van der Waals surface area contributed by atoms with Gasteiger partial charge in [0, 0.05) is 11.6 Å². The SMILES string of the molecule is CCOC(=O)/C(C#N)=C(\NNC(=O)c1cc(OC)c(OC)c(OC)c1)N[C@H](C)c1ccccc1. The standard InChI is InChI=1S/C24H28N4O6/c1-6-34-24(30)18(14-25)22(26-15(2)16-10-8-7-9-11-16)27-28-23(29)17-12-19(31-3)21(33-5)20(13-17)32-4/h7-13,15,26-27H,6H2,1-5H3,(H,28,29)/b22-18-/t15-/m1/s1. The van der Waals surface area contributed by atoms with Gasteiger partial charge in [-0.1, -0.05) is 30.3 Å². The van der Waals surface area contributed by atoms with Crippen LogP contribution in [0.25, 0.3) is 0 Å². The molecule has 0 fully saturated rings. The number of hydrogen-bond acceptors (Lipinski definition) is 9. The van der Waals surface area contributed by atoms with Gasteiger partial charge in [-0.05, 0) is 31.5 Å². The predicted molar refractivity (Wildman–Crippen MR) is 124 cm³/mol. The lowest BCUT2D eigenvalue weighted by atomic mass is 10.1. The van der Waals surface area contributed by atoms with Crippen LogP contribution in [0.3, 0.4) is 0 Å². The highest BCUT2D eigenvalue weighted by Gasteiger charge is 2.21. The van der Waals surface area contributed by atoms with Crippen molar-refractivity contribution < 1.29 is 28.5 Å². The summed E-state index contributed by atoms with van der Waals surface area (Å²) in [5.74, 6) is -0.499. The normalized spacial score (nSPS) is 11.8. The van der Waals surface area contributed by atoms with E-state index in [1.165, 1.54) is 33.5 Å². The number of benzene rings is 2. The molecule has 2 aromatic rings. The zero-order valence-electron chi connectivity index (χ0n) is 19.7. The lowest BCUT2D eigenvalue weighted by Crippen LogP contribution is -2.43. The zero-order chi connectivity index (χ0) is 25.1. The molecule has 0 saturated carbocycles. The molecule has 2 aromatic carbocycles. The van der Waals surface area contributed by atoms with E-state index < -0.39 is 11.9 Å². The molecule has 3 N–H and O–H groups in total. The van der Waals surface area contributed by atoms with Crippen molar-refractivity contribution in [3.63, 3.8) is 0 Å². The van der Waals surface area contributed by atoms with Crippen LogP contribution in [0, 0.1) is 11.3 Å². The number of carbonyl (C=O) groups is 2. The van der Waals surface area contributed by atoms with Gasteiger partial charge in [-0.3, -0.25) is 15.6 Å². The quantitative estimate of drug-likeness (QED) is 0.197. The summed E-state index contributed by atoms with van der Waals surface area (Å²) in [5, 5.41) is 12.7. The fraction of sp³-hybridized carbons (Fsp3) is 0.292. The highest BCUT2D eigenvalue weighted by atomic mass is 16.5. The number of nitriles is 1. The van der Waals surface area contributed by atoms with Gasteiger partial charge in [-0.15, -0.1) is 0 Å². The number of carbonyl (C=O) groups excluding carboxylic acids is 2. The van der Waals surface area contributed by atoms with Crippen LogP contribution < -0.4 is 30.4 Å². The third kappa shape index (κ3) is 6.32. The van der Waals surface area contributed by atoms with Crippen LogP contribution in [0.5, 0.6) is 17.2 Å². The Morgan fingerprint density at radius 2 is 1.62 bits per heavy atom. The number of ether oxygens (including phenoxy) is 4. The molecule has 180 valence electrons. The van der Waals surface area contributed by atoms with Crippen LogP contribution in [0.4, 0.5) is 0 Å². The first-order valence-corrected chi connectivity index (χ1v) is 10.4. The Bertz CT molecular complexity index is 1050. The second kappa shape index (κ2) is 12.6. The van der Waals surface area contributed by atoms with E-state index in [1.807, 2.05) is 43.3 Å². The van der Waals surface area contributed by atoms with Crippen LogP contribution in [0.2, 0.25) is 0 Å². The Morgan fingerprint density at radius 3 is 2.12 bits per heavy atom. The maximum atomic E-state index is 12.9. The molecular weight excluding hydrogens is 440 g/mol. The molecule has 1 amide bonds. The molecule has 0 aliphatic rings. The number of nitrogens with zero attached hydrogens (tertiary/aromatic N) is 1. The maximum Gasteiger partial charge on any atom is 0.352 e. The topological polar surface area (TPSA) is 131 Å². The first-order valence-electron chi connectivity index (χ1n) is 10.4. The molecule has 0 spiro atoms. The molecule has 10 heteroatoms. The number of nitrogens with one attached hydrogen (secondary N) is 3. The summed E-state index contributed by atoms with van der Waals surface area (Å²) in [6.45, 7) is 3.56. The fourth-order valence-electron chi connectivity index (χ4n) is 3.02. The molecule has 10 nitrogen and oxygen atoms in total. The molecule has 0 unspecified atom stereocenters. The van der Waals surface area contributed by atoms with Crippen LogP contribution in [0.1, 0.15) is 35.8 Å². The number of rotatable bonds is 11. The summed E-state index contributed by atoms with van der Waals surface area (Å²) in [7, 11) is 4.33. The third-order valence-electron chi connectivity index (χ3n) is 4.73. The Balaban J connectivity index is 2.34. The Hall–Kier alpha value is -4.39. The summed E-state index contributed by atoms with van der Waals surface area (Å²) in [4.78, 5) is 25.2. The minimum absolute atomic E-state index is 0.0157. The van der Waals surface area contributed by atoms with Gasteiger partial charge >= 0.3 is 5.97 Å². The van der Waals surface area contributed by atoms with E-state index >= 15 is 0 Å². The van der Waals surface area contributed by atoms with Crippen LogP contribution in [0.15, 0.2) is 53.9 Å². The van der Waals surface area contributed by atoms with E-state index in [-0.39, 0.29) is 29.6 Å². The molecule has 0 aromatic heterocycles. The second-order valence-electron chi connectivity index (χ2n) is 6.85. The van der Waals surface area contributed by atoms with Crippen LogP contribution in [-0.2, 0) is 9.53 Å². The van der Waals surface area contributed by atoms with Gasteiger partial charge in [0.05, 0.1) is 27.9 Å². The van der Waals surface area contributed by atoms with Gasteiger partial charge in [0.15, 0.2) is 17.1 Å². The molecule has 0 radical (unpaired) electrons. The fourth-order valence-corrected chi connectivity index (χ4v) is 3.02. The van der Waals surface area contributed by atoms with Crippen LogP contribution in [-0.4, -0.2) is 39.8 Å². The van der Waals surface area contributed by atoms with Crippen molar-refractivity contribution in [1.82, 2.24) is 16.2 Å². The van der Waals surface area contributed by atoms with E-state index in [1.54, 1.807) is 6.92 Å². The maximum absolute atomic E-state index is 12.9. The number of amides is 1. The second-order valence-corrected chi connectivity index (χ2v) is 6.85. The Labute approximate surface area is 198 Å². The van der Waals surface area contributed by atoms with Crippen molar-refractivity contribution in [1.29, 1.82) is 5.26 Å². The lowest BCUT2D eigenvalue weighted by Gasteiger charge is -2.21. The summed E-state index contributed by atoms with van der Waals surface area (Å²) in [6.07, 6.45) is 0. The van der Waals surface area contributed by atoms with Crippen molar-refractivity contribution in [2.45, 2.75) is 19.9 Å². The smallest absolute Gasteiger partial charge is 0.352 e. The number of hydrazine groups is 1. The molecule has 2 rings (SSSR count). The van der Waals surface area contributed by atoms with Crippen LogP contribution >= 0.6 is 0 Å². The molecule has 1 atom stereocenters. The van der Waals surface area contributed by atoms with Crippen molar-refractivity contribution in [2.75, 3.05) is 27.9 Å². The minimum atomic E-state index is -0.831. The molecular formula is C24H28N4O6. The molecule has 34 heavy (non-hydrogen) atoms.